The Hall–Kier alpha value is -1.83. The van der Waals surface area contributed by atoms with Crippen molar-refractivity contribution in [2.75, 3.05) is 6.61 Å². The minimum Gasteiger partial charge on any atom is -0.448 e. The van der Waals surface area contributed by atoms with Gasteiger partial charge in [0, 0.05) is 24.3 Å². The normalized spacial score (nSPS) is 12.3. The molecule has 0 saturated heterocycles. The van der Waals surface area contributed by atoms with Crippen molar-refractivity contribution >= 4 is 0 Å². The number of halogens is 3. The summed E-state index contributed by atoms with van der Waals surface area (Å²) in [7, 11) is 0. The molecule has 2 rings (SSSR count). The van der Waals surface area contributed by atoms with Crippen LogP contribution in [0.25, 0.3) is 0 Å². The number of hydrogen-bond donors (Lipinski definition) is 1. The van der Waals surface area contributed by atoms with E-state index in [0.717, 1.165) is 0 Å². The van der Waals surface area contributed by atoms with E-state index in [2.05, 4.69) is 10.1 Å². The lowest BCUT2D eigenvalue weighted by Crippen LogP contribution is -2.11. The summed E-state index contributed by atoms with van der Waals surface area (Å²) in [5.41, 5.74) is -0.442. The van der Waals surface area contributed by atoms with E-state index in [1.165, 1.54) is 17.3 Å². The molecule has 0 amide bonds. The number of rotatable bonds is 5. The van der Waals surface area contributed by atoms with Crippen LogP contribution in [0, 0.1) is 0 Å². The third-order valence-electron chi connectivity index (χ3n) is 3.00. The first-order valence-electron chi connectivity index (χ1n) is 6.49. The molecule has 0 unspecified atom stereocenters. The predicted molar refractivity (Wildman–Crippen MR) is 67.7 cm³/mol. The highest BCUT2D eigenvalue weighted by atomic mass is 19.4. The van der Waals surface area contributed by atoms with Gasteiger partial charge < -0.3 is 9.52 Å². The van der Waals surface area contributed by atoms with Crippen molar-refractivity contribution in [3.05, 3.63) is 35.3 Å². The van der Waals surface area contributed by atoms with Crippen LogP contribution in [0.5, 0.6) is 0 Å². The summed E-state index contributed by atoms with van der Waals surface area (Å²) in [6.45, 7) is 3.55. The van der Waals surface area contributed by atoms with Gasteiger partial charge in [0.25, 0.3) is 0 Å². The van der Waals surface area contributed by atoms with Gasteiger partial charge in [0.15, 0.2) is 12.1 Å². The molecule has 2 aromatic rings. The van der Waals surface area contributed by atoms with Gasteiger partial charge in [-0.2, -0.15) is 18.3 Å². The molecule has 2 heterocycles. The van der Waals surface area contributed by atoms with E-state index in [1.807, 2.05) is 13.8 Å². The first-order chi connectivity index (χ1) is 9.82. The molecule has 0 aliphatic rings. The molecule has 0 radical (unpaired) electrons. The maximum Gasteiger partial charge on any atom is 0.435 e. The van der Waals surface area contributed by atoms with Crippen molar-refractivity contribution in [2.24, 2.45) is 0 Å². The minimum atomic E-state index is -4.54. The highest BCUT2D eigenvalue weighted by Crippen LogP contribution is 2.31. The van der Waals surface area contributed by atoms with Crippen LogP contribution < -0.4 is 0 Å². The molecule has 8 heteroatoms. The van der Waals surface area contributed by atoms with Crippen LogP contribution >= 0.6 is 0 Å². The molecule has 0 aromatic carbocycles. The fraction of sp³-hybridized carbons (Fsp3) is 0.538. The number of oxazole rings is 1. The number of aliphatic hydroxyl groups excluding tert-OH is 1. The van der Waals surface area contributed by atoms with Crippen LogP contribution in [0.15, 0.2) is 17.0 Å². The maximum absolute atomic E-state index is 12.9. The SMILES string of the molecule is CC(C)c1ocnc1Cn1cc(CCO)c(C(F)(F)F)n1. The quantitative estimate of drug-likeness (QED) is 0.922. The van der Waals surface area contributed by atoms with Crippen molar-refractivity contribution in [1.29, 1.82) is 0 Å². The summed E-state index contributed by atoms with van der Waals surface area (Å²) >= 11 is 0. The lowest BCUT2D eigenvalue weighted by molar-refractivity contribution is -0.142. The van der Waals surface area contributed by atoms with Crippen LogP contribution in [0.2, 0.25) is 0 Å². The average molecular weight is 303 g/mol. The number of alkyl halides is 3. The summed E-state index contributed by atoms with van der Waals surface area (Å²) < 4.78 is 45.1. The Bertz CT molecular complexity index is 602. The summed E-state index contributed by atoms with van der Waals surface area (Å²) in [5, 5.41) is 12.4. The van der Waals surface area contributed by atoms with E-state index in [4.69, 9.17) is 9.52 Å². The second kappa shape index (κ2) is 5.88. The van der Waals surface area contributed by atoms with Gasteiger partial charge in [-0.25, -0.2) is 4.98 Å². The smallest absolute Gasteiger partial charge is 0.435 e. The number of hydrogen-bond acceptors (Lipinski definition) is 4. The van der Waals surface area contributed by atoms with Crippen molar-refractivity contribution in [3.63, 3.8) is 0 Å². The van der Waals surface area contributed by atoms with E-state index in [9.17, 15) is 13.2 Å². The fourth-order valence-corrected chi connectivity index (χ4v) is 2.11. The van der Waals surface area contributed by atoms with E-state index in [-0.39, 0.29) is 31.1 Å². The molecule has 0 aliphatic carbocycles. The first-order valence-corrected chi connectivity index (χ1v) is 6.49. The zero-order chi connectivity index (χ0) is 15.6. The topological polar surface area (TPSA) is 64.1 Å². The zero-order valence-corrected chi connectivity index (χ0v) is 11.7. The van der Waals surface area contributed by atoms with Gasteiger partial charge in [-0.05, 0) is 6.42 Å². The molecule has 116 valence electrons. The largest absolute Gasteiger partial charge is 0.448 e. The zero-order valence-electron chi connectivity index (χ0n) is 11.7. The molecule has 5 nitrogen and oxygen atoms in total. The van der Waals surface area contributed by atoms with Crippen LogP contribution in [0.4, 0.5) is 13.2 Å². The average Bonchev–Trinajstić information content (AvgIpc) is 2.96. The molecule has 21 heavy (non-hydrogen) atoms. The molecule has 1 N–H and O–H groups in total. The van der Waals surface area contributed by atoms with Crippen LogP contribution in [-0.4, -0.2) is 26.5 Å². The highest BCUT2D eigenvalue weighted by Gasteiger charge is 2.37. The highest BCUT2D eigenvalue weighted by molar-refractivity contribution is 5.21. The van der Waals surface area contributed by atoms with Crippen molar-refractivity contribution in [3.8, 4) is 0 Å². The first kappa shape index (κ1) is 15.6. The van der Waals surface area contributed by atoms with Crippen LogP contribution in [-0.2, 0) is 19.1 Å². The van der Waals surface area contributed by atoms with Gasteiger partial charge in [-0.1, -0.05) is 13.8 Å². The Morgan fingerprint density at radius 1 is 1.38 bits per heavy atom. The van der Waals surface area contributed by atoms with Gasteiger partial charge in [-0.15, -0.1) is 0 Å². The molecule has 2 aromatic heterocycles. The summed E-state index contributed by atoms with van der Waals surface area (Å²) in [5.74, 6) is 0.708. The second-order valence-electron chi connectivity index (χ2n) is 4.99. The number of aliphatic hydroxyl groups is 1. The van der Waals surface area contributed by atoms with Crippen LogP contribution in [0.3, 0.4) is 0 Å². The molecule has 0 spiro atoms. The van der Waals surface area contributed by atoms with E-state index < -0.39 is 11.9 Å². The Morgan fingerprint density at radius 3 is 2.67 bits per heavy atom. The van der Waals surface area contributed by atoms with Gasteiger partial charge in [0.05, 0.1) is 6.54 Å². The van der Waals surface area contributed by atoms with Crippen molar-refractivity contribution in [2.45, 2.75) is 38.9 Å². The van der Waals surface area contributed by atoms with Crippen molar-refractivity contribution in [1.82, 2.24) is 14.8 Å². The third-order valence-corrected chi connectivity index (χ3v) is 3.00. The molecule has 0 saturated carbocycles. The Labute approximate surface area is 119 Å². The molecular weight excluding hydrogens is 287 g/mol. The Morgan fingerprint density at radius 2 is 2.10 bits per heavy atom. The lowest BCUT2D eigenvalue weighted by atomic mass is 10.1. The predicted octanol–water partition coefficient (Wildman–Crippen LogP) is 2.60. The Kier molecular flexibility index (Phi) is 4.36. The molecule has 0 fully saturated rings. The van der Waals surface area contributed by atoms with Gasteiger partial charge in [0.2, 0.25) is 0 Å². The number of nitrogens with zero attached hydrogens (tertiary/aromatic N) is 3. The fourth-order valence-electron chi connectivity index (χ4n) is 2.11. The standard InChI is InChI=1S/C13H16F3N3O2/c1-8(2)11-10(17-7-21-11)6-19-5-9(3-4-20)12(18-19)13(14,15)16/h5,7-8,20H,3-4,6H2,1-2H3. The van der Waals surface area contributed by atoms with Crippen LogP contribution in [0.1, 0.15) is 42.5 Å². The Balaban J connectivity index is 2.30. The molecule has 0 bridgehead atoms. The van der Waals surface area contributed by atoms with Crippen molar-refractivity contribution < 1.29 is 22.7 Å². The van der Waals surface area contributed by atoms with Gasteiger partial charge >= 0.3 is 6.18 Å². The summed E-state index contributed by atoms with van der Waals surface area (Å²) in [6.07, 6.45) is -2.07. The monoisotopic (exact) mass is 303 g/mol. The number of aromatic nitrogens is 3. The van der Waals surface area contributed by atoms with E-state index in [0.29, 0.717) is 11.5 Å². The van der Waals surface area contributed by atoms with Gasteiger partial charge in [0.1, 0.15) is 11.5 Å². The summed E-state index contributed by atoms with van der Waals surface area (Å²) in [4.78, 5) is 4.02. The maximum atomic E-state index is 12.9. The van der Waals surface area contributed by atoms with E-state index >= 15 is 0 Å². The second-order valence-corrected chi connectivity index (χ2v) is 4.99. The molecule has 0 atom stereocenters. The van der Waals surface area contributed by atoms with E-state index in [1.54, 1.807) is 0 Å². The third kappa shape index (κ3) is 3.44. The molecular formula is C13H16F3N3O2. The lowest BCUT2D eigenvalue weighted by Gasteiger charge is -2.05. The summed E-state index contributed by atoms with van der Waals surface area (Å²) in [6, 6.07) is 0. The molecule has 0 aliphatic heterocycles. The van der Waals surface area contributed by atoms with Gasteiger partial charge in [-0.3, -0.25) is 4.68 Å². The minimum absolute atomic E-state index is 0.0282.